The van der Waals surface area contributed by atoms with E-state index in [0.29, 0.717) is 27.7 Å². The number of benzene rings is 3. The quantitative estimate of drug-likeness (QED) is 0.456. The number of hydrogen-bond donors (Lipinski definition) is 1. The van der Waals surface area contributed by atoms with E-state index in [-0.39, 0.29) is 28.3 Å². The molecule has 1 N–H and O–H groups in total. The van der Waals surface area contributed by atoms with Gasteiger partial charge in [0.25, 0.3) is 0 Å². The van der Waals surface area contributed by atoms with Gasteiger partial charge in [0.2, 0.25) is 9.84 Å². The Hall–Kier alpha value is -3.96. The van der Waals surface area contributed by atoms with Crippen molar-refractivity contribution in [2.24, 2.45) is 0 Å². The Labute approximate surface area is 190 Å². The van der Waals surface area contributed by atoms with Crippen LogP contribution in [0.2, 0.25) is 0 Å². The molecule has 0 fully saturated rings. The van der Waals surface area contributed by atoms with Crippen LogP contribution >= 0.6 is 0 Å². The summed E-state index contributed by atoms with van der Waals surface area (Å²) in [7, 11) is -3.93. The summed E-state index contributed by atoms with van der Waals surface area (Å²) in [5.74, 6) is -1.52. The molecule has 0 aliphatic heterocycles. The number of nitriles is 1. The van der Waals surface area contributed by atoms with E-state index in [2.05, 4.69) is 0 Å². The molecule has 4 rings (SSSR count). The van der Waals surface area contributed by atoms with Crippen LogP contribution in [0.25, 0.3) is 10.9 Å². The van der Waals surface area contributed by atoms with Crippen molar-refractivity contribution < 1.29 is 22.7 Å². The number of aromatic nitrogens is 1. The molecule has 0 aliphatic carbocycles. The third-order valence-electron chi connectivity index (χ3n) is 5.62. The fraction of sp³-hybridized carbons (Fsp3) is 0.120. The van der Waals surface area contributed by atoms with E-state index in [0.717, 1.165) is 0 Å². The van der Waals surface area contributed by atoms with E-state index in [9.17, 15) is 28.0 Å². The highest BCUT2D eigenvalue weighted by Gasteiger charge is 2.24. The minimum atomic E-state index is -3.93. The first kappa shape index (κ1) is 22.2. The summed E-state index contributed by atoms with van der Waals surface area (Å²) in [5, 5.41) is 19.2. The lowest BCUT2D eigenvalue weighted by atomic mass is 10.0. The van der Waals surface area contributed by atoms with Crippen LogP contribution in [0.3, 0.4) is 0 Å². The first-order chi connectivity index (χ1) is 15.7. The van der Waals surface area contributed by atoms with E-state index in [4.69, 9.17) is 0 Å². The number of rotatable bonds is 6. The second-order valence-corrected chi connectivity index (χ2v) is 9.55. The van der Waals surface area contributed by atoms with E-state index < -0.39 is 21.6 Å². The molecule has 0 saturated heterocycles. The molecule has 0 aliphatic rings. The number of hydrogen-bond acceptors (Lipinski definition) is 4. The minimum Gasteiger partial charge on any atom is -0.480 e. The highest BCUT2D eigenvalue weighted by Crippen LogP contribution is 2.32. The fourth-order valence-corrected chi connectivity index (χ4v) is 5.56. The second-order valence-electron chi connectivity index (χ2n) is 7.63. The van der Waals surface area contributed by atoms with Crippen molar-refractivity contribution in [3.05, 3.63) is 94.9 Å². The standard InChI is InChI=1S/C25H19FN2O4S/c1-16-21(22-13-19(26)9-10-23(22)28(16)15-25(29)30)12-18-8-7-17(14-27)11-24(18)33(31,32)20-5-3-2-4-6-20/h2-11,13H,12,15H2,1H3,(H,29,30). The summed E-state index contributed by atoms with van der Waals surface area (Å²) in [6, 6.07) is 18.4. The monoisotopic (exact) mass is 462 g/mol. The Morgan fingerprint density at radius 3 is 2.48 bits per heavy atom. The van der Waals surface area contributed by atoms with Gasteiger partial charge < -0.3 is 9.67 Å². The summed E-state index contributed by atoms with van der Waals surface area (Å²) in [4.78, 5) is 11.5. The number of carbonyl (C=O) groups is 1. The Morgan fingerprint density at radius 1 is 1.09 bits per heavy atom. The zero-order valence-corrected chi connectivity index (χ0v) is 18.4. The zero-order valence-electron chi connectivity index (χ0n) is 17.6. The van der Waals surface area contributed by atoms with E-state index >= 15 is 0 Å². The first-order valence-corrected chi connectivity index (χ1v) is 11.5. The molecule has 4 aromatic rings. The van der Waals surface area contributed by atoms with Crippen LogP contribution in [-0.4, -0.2) is 24.1 Å². The van der Waals surface area contributed by atoms with Crippen molar-refractivity contribution in [1.29, 1.82) is 5.26 Å². The molecule has 1 heterocycles. The van der Waals surface area contributed by atoms with Gasteiger partial charge in [-0.1, -0.05) is 24.3 Å². The van der Waals surface area contributed by atoms with Gasteiger partial charge in [0.1, 0.15) is 12.4 Å². The van der Waals surface area contributed by atoms with Gasteiger partial charge in [-0.05, 0) is 60.5 Å². The average molecular weight is 463 g/mol. The predicted octanol–water partition coefficient (Wildman–Crippen LogP) is 4.47. The van der Waals surface area contributed by atoms with E-state index in [1.807, 2.05) is 6.07 Å². The number of aliphatic carboxylic acids is 1. The van der Waals surface area contributed by atoms with Crippen LogP contribution in [0.1, 0.15) is 22.4 Å². The molecule has 0 bridgehead atoms. The maximum absolute atomic E-state index is 14.1. The highest BCUT2D eigenvalue weighted by atomic mass is 32.2. The predicted molar refractivity (Wildman–Crippen MR) is 120 cm³/mol. The normalized spacial score (nSPS) is 11.4. The molecule has 3 aromatic carbocycles. The minimum absolute atomic E-state index is 0.0114. The molecule has 0 amide bonds. The maximum atomic E-state index is 14.1. The summed E-state index contributed by atoms with van der Waals surface area (Å²) >= 11 is 0. The zero-order chi connectivity index (χ0) is 23.8. The van der Waals surface area contributed by atoms with Crippen molar-refractivity contribution in [3.63, 3.8) is 0 Å². The lowest BCUT2D eigenvalue weighted by Gasteiger charge is -2.12. The van der Waals surface area contributed by atoms with Crippen molar-refractivity contribution in [2.45, 2.75) is 29.7 Å². The molecule has 0 radical (unpaired) electrons. The number of nitrogens with zero attached hydrogens (tertiary/aromatic N) is 2. The smallest absolute Gasteiger partial charge is 0.323 e. The number of carboxylic acid groups (broad SMARTS) is 1. The molecule has 33 heavy (non-hydrogen) atoms. The van der Waals surface area contributed by atoms with Crippen molar-refractivity contribution in [2.75, 3.05) is 0 Å². The maximum Gasteiger partial charge on any atom is 0.323 e. The number of halogens is 1. The lowest BCUT2D eigenvalue weighted by Crippen LogP contribution is -2.10. The summed E-state index contributed by atoms with van der Waals surface area (Å²) in [6.07, 6.45) is 0.117. The van der Waals surface area contributed by atoms with E-state index in [1.54, 1.807) is 35.8 Å². The van der Waals surface area contributed by atoms with Crippen LogP contribution in [0.5, 0.6) is 0 Å². The number of carboxylic acids is 1. The van der Waals surface area contributed by atoms with Gasteiger partial charge in [-0.25, -0.2) is 12.8 Å². The van der Waals surface area contributed by atoms with Crippen LogP contribution in [0.15, 0.2) is 76.5 Å². The molecule has 166 valence electrons. The van der Waals surface area contributed by atoms with Crippen LogP contribution in [0.4, 0.5) is 4.39 Å². The van der Waals surface area contributed by atoms with Gasteiger partial charge in [-0.3, -0.25) is 4.79 Å². The van der Waals surface area contributed by atoms with Crippen molar-refractivity contribution in [3.8, 4) is 6.07 Å². The average Bonchev–Trinajstić information content (AvgIpc) is 3.04. The molecule has 0 saturated carbocycles. The van der Waals surface area contributed by atoms with Gasteiger partial charge in [-0.2, -0.15) is 5.26 Å². The fourth-order valence-electron chi connectivity index (χ4n) is 4.02. The molecule has 1 aromatic heterocycles. The van der Waals surface area contributed by atoms with Crippen LogP contribution in [0, 0.1) is 24.1 Å². The third-order valence-corrected chi connectivity index (χ3v) is 7.47. The molecule has 8 heteroatoms. The molecule has 0 spiro atoms. The lowest BCUT2D eigenvalue weighted by molar-refractivity contribution is -0.137. The Morgan fingerprint density at radius 2 is 1.82 bits per heavy atom. The molecular formula is C25H19FN2O4S. The summed E-state index contributed by atoms with van der Waals surface area (Å²) in [6.45, 7) is 1.42. The Balaban J connectivity index is 1.93. The van der Waals surface area contributed by atoms with Gasteiger partial charge >= 0.3 is 5.97 Å². The summed E-state index contributed by atoms with van der Waals surface area (Å²) in [5.41, 5.74) is 2.40. The first-order valence-electron chi connectivity index (χ1n) is 10.0. The summed E-state index contributed by atoms with van der Waals surface area (Å²) < 4.78 is 42.5. The van der Waals surface area contributed by atoms with Gasteiger partial charge in [-0.15, -0.1) is 0 Å². The second kappa shape index (κ2) is 8.52. The third kappa shape index (κ3) is 4.11. The molecule has 0 unspecified atom stereocenters. The number of fused-ring (bicyclic) bond motifs is 1. The largest absolute Gasteiger partial charge is 0.480 e. The van der Waals surface area contributed by atoms with Crippen molar-refractivity contribution >= 4 is 26.7 Å². The Kier molecular flexibility index (Phi) is 5.75. The molecule has 0 atom stereocenters. The van der Waals surface area contributed by atoms with Gasteiger partial charge in [0.05, 0.1) is 21.4 Å². The molecular weight excluding hydrogens is 443 g/mol. The van der Waals surface area contributed by atoms with Gasteiger partial charge in [0, 0.05) is 23.0 Å². The highest BCUT2D eigenvalue weighted by molar-refractivity contribution is 7.91. The van der Waals surface area contributed by atoms with E-state index in [1.165, 1.54) is 42.5 Å². The van der Waals surface area contributed by atoms with Crippen molar-refractivity contribution in [1.82, 2.24) is 4.57 Å². The number of sulfone groups is 1. The molecule has 6 nitrogen and oxygen atoms in total. The topological polar surface area (TPSA) is 100 Å². The Bertz CT molecular complexity index is 1530. The van der Waals surface area contributed by atoms with Gasteiger partial charge in [0.15, 0.2) is 0 Å². The SMILES string of the molecule is Cc1c(Cc2ccc(C#N)cc2S(=O)(=O)c2ccccc2)c2cc(F)ccc2n1CC(=O)O. The van der Waals surface area contributed by atoms with Crippen LogP contribution in [-0.2, 0) is 27.6 Å². The van der Waals surface area contributed by atoms with Crippen LogP contribution < -0.4 is 0 Å².